The van der Waals surface area contributed by atoms with Gasteiger partial charge in [-0.3, -0.25) is 9.59 Å². The Balaban J connectivity index is 1.53. The van der Waals surface area contributed by atoms with Gasteiger partial charge >= 0.3 is 0 Å². The van der Waals surface area contributed by atoms with Crippen molar-refractivity contribution in [1.82, 2.24) is 20.3 Å². The Morgan fingerprint density at radius 3 is 2.75 bits per heavy atom. The fourth-order valence-electron chi connectivity index (χ4n) is 4.34. The van der Waals surface area contributed by atoms with Crippen LogP contribution >= 0.6 is 0 Å². The summed E-state index contributed by atoms with van der Waals surface area (Å²) >= 11 is 0. The Labute approximate surface area is 164 Å². The predicted molar refractivity (Wildman–Crippen MR) is 108 cm³/mol. The zero-order valence-corrected chi connectivity index (χ0v) is 16.7. The topological polar surface area (TPSA) is 91.0 Å². The number of aromatic amines is 1. The molecule has 1 aliphatic heterocycles. The first-order valence-electron chi connectivity index (χ1n) is 10.0. The molecule has 0 radical (unpaired) electrons. The van der Waals surface area contributed by atoms with Crippen molar-refractivity contribution in [3.63, 3.8) is 0 Å². The molecular weight excluding hydrogens is 354 g/mol. The van der Waals surface area contributed by atoms with Crippen LogP contribution in [0.5, 0.6) is 0 Å². The maximum absolute atomic E-state index is 12.8. The van der Waals surface area contributed by atoms with Crippen LogP contribution in [0.1, 0.15) is 58.6 Å². The van der Waals surface area contributed by atoms with Crippen molar-refractivity contribution in [3.8, 4) is 0 Å². The number of pyridine rings is 1. The van der Waals surface area contributed by atoms with Crippen LogP contribution in [-0.2, 0) is 6.54 Å². The molecule has 3 heterocycles. The summed E-state index contributed by atoms with van der Waals surface area (Å²) < 4.78 is 0. The molecule has 1 saturated carbocycles. The van der Waals surface area contributed by atoms with Crippen molar-refractivity contribution in [3.05, 3.63) is 50.8 Å². The summed E-state index contributed by atoms with van der Waals surface area (Å²) in [7, 11) is 0. The molecular formula is C21H27N5O2. The number of carbonyl (C=O) groups is 1. The van der Waals surface area contributed by atoms with Crippen LogP contribution in [-0.4, -0.2) is 33.4 Å². The lowest BCUT2D eigenvalue weighted by Crippen LogP contribution is -2.34. The second-order valence-electron chi connectivity index (χ2n) is 8.04. The molecule has 148 valence electrons. The van der Waals surface area contributed by atoms with Gasteiger partial charge in [0.15, 0.2) is 0 Å². The molecule has 1 atom stereocenters. The van der Waals surface area contributed by atoms with Crippen molar-refractivity contribution < 1.29 is 4.79 Å². The van der Waals surface area contributed by atoms with Gasteiger partial charge in [-0.05, 0) is 64.0 Å². The summed E-state index contributed by atoms with van der Waals surface area (Å²) in [6.07, 6.45) is 6.43. The monoisotopic (exact) mass is 381 g/mol. The number of amides is 1. The predicted octanol–water partition coefficient (Wildman–Crippen LogP) is 2.40. The number of nitrogens with zero attached hydrogens (tertiary/aromatic N) is 3. The van der Waals surface area contributed by atoms with Gasteiger partial charge in [0.2, 0.25) is 0 Å². The third kappa shape index (κ3) is 3.53. The van der Waals surface area contributed by atoms with E-state index in [2.05, 4.69) is 25.2 Å². The lowest BCUT2D eigenvalue weighted by atomic mass is 10.1. The Morgan fingerprint density at radius 2 is 2.04 bits per heavy atom. The Morgan fingerprint density at radius 1 is 1.25 bits per heavy atom. The molecule has 7 nitrogen and oxygen atoms in total. The number of hydrogen-bond donors (Lipinski definition) is 2. The molecule has 4 rings (SSSR count). The first kappa shape index (κ1) is 18.7. The second-order valence-corrected chi connectivity index (χ2v) is 8.04. The molecule has 28 heavy (non-hydrogen) atoms. The minimum Gasteiger partial charge on any atom is -0.353 e. The first-order valence-corrected chi connectivity index (χ1v) is 10.0. The average molecular weight is 381 g/mol. The van der Waals surface area contributed by atoms with Gasteiger partial charge in [-0.2, -0.15) is 0 Å². The van der Waals surface area contributed by atoms with Crippen LogP contribution < -0.4 is 15.8 Å². The molecule has 1 aliphatic carbocycles. The van der Waals surface area contributed by atoms with Gasteiger partial charge in [0.05, 0.1) is 0 Å². The van der Waals surface area contributed by atoms with Gasteiger partial charge < -0.3 is 15.2 Å². The van der Waals surface area contributed by atoms with Gasteiger partial charge in [0.1, 0.15) is 17.8 Å². The van der Waals surface area contributed by atoms with E-state index >= 15 is 0 Å². The Hall–Kier alpha value is -2.70. The maximum Gasteiger partial charge on any atom is 0.270 e. The zero-order valence-electron chi connectivity index (χ0n) is 16.7. The second kappa shape index (κ2) is 7.37. The van der Waals surface area contributed by atoms with E-state index < -0.39 is 0 Å². The highest BCUT2D eigenvalue weighted by molar-refractivity contribution is 5.94. The Bertz CT molecular complexity index is 964. The highest BCUT2D eigenvalue weighted by atomic mass is 16.2. The molecule has 0 bridgehead atoms. The van der Waals surface area contributed by atoms with Crippen molar-refractivity contribution in [2.45, 2.75) is 59.0 Å². The smallest absolute Gasteiger partial charge is 0.270 e. The SMILES string of the molecule is Cc1cc(C)c(CNC(=O)c2ncnc(N3CCCC3C3CC3)c2C)c(=O)[nH]1. The van der Waals surface area contributed by atoms with Crippen LogP contribution in [0.15, 0.2) is 17.2 Å². The van der Waals surface area contributed by atoms with Crippen molar-refractivity contribution in [1.29, 1.82) is 0 Å². The molecule has 1 saturated heterocycles. The average Bonchev–Trinajstić information content (AvgIpc) is 3.38. The molecule has 2 aromatic heterocycles. The largest absolute Gasteiger partial charge is 0.353 e. The lowest BCUT2D eigenvalue weighted by molar-refractivity contribution is 0.0945. The van der Waals surface area contributed by atoms with E-state index in [1.54, 1.807) is 0 Å². The third-order valence-electron chi connectivity index (χ3n) is 5.93. The molecule has 0 spiro atoms. The van der Waals surface area contributed by atoms with Crippen LogP contribution in [0.4, 0.5) is 5.82 Å². The fraction of sp³-hybridized carbons (Fsp3) is 0.524. The summed E-state index contributed by atoms with van der Waals surface area (Å²) in [6.45, 7) is 6.79. The zero-order chi connectivity index (χ0) is 19.8. The van der Waals surface area contributed by atoms with E-state index in [1.165, 1.54) is 32.0 Å². The molecule has 1 amide bonds. The summed E-state index contributed by atoms with van der Waals surface area (Å²) in [6, 6.07) is 2.45. The minimum absolute atomic E-state index is 0.165. The molecule has 1 unspecified atom stereocenters. The van der Waals surface area contributed by atoms with E-state index in [-0.39, 0.29) is 18.0 Å². The van der Waals surface area contributed by atoms with Crippen LogP contribution in [0.3, 0.4) is 0 Å². The Kier molecular flexibility index (Phi) is 4.91. The number of nitrogens with one attached hydrogen (secondary N) is 2. The molecule has 2 N–H and O–H groups in total. The minimum atomic E-state index is -0.275. The first-order chi connectivity index (χ1) is 13.5. The van der Waals surface area contributed by atoms with Crippen LogP contribution in [0, 0.1) is 26.7 Å². The normalized spacial score (nSPS) is 19.1. The van der Waals surface area contributed by atoms with Gasteiger partial charge in [0, 0.05) is 36.0 Å². The van der Waals surface area contributed by atoms with Gasteiger partial charge in [-0.25, -0.2) is 9.97 Å². The van der Waals surface area contributed by atoms with E-state index in [1.807, 2.05) is 26.8 Å². The number of rotatable bonds is 5. The maximum atomic E-state index is 12.8. The quantitative estimate of drug-likeness (QED) is 0.830. The summed E-state index contributed by atoms with van der Waals surface area (Å²) in [5.74, 6) is 1.37. The number of aromatic nitrogens is 3. The summed E-state index contributed by atoms with van der Waals surface area (Å²) in [4.78, 5) is 38.8. The number of H-pyrrole nitrogens is 1. The lowest BCUT2D eigenvalue weighted by Gasteiger charge is -2.27. The number of carbonyl (C=O) groups excluding carboxylic acids is 1. The number of anilines is 1. The van der Waals surface area contributed by atoms with Gasteiger partial charge in [0.25, 0.3) is 11.5 Å². The molecule has 2 aromatic rings. The standard InChI is InChI=1S/C21H27N5O2/c1-12-9-13(2)25-20(27)16(12)10-22-21(28)18-14(3)19(24-11-23-18)26-8-4-5-17(26)15-6-7-15/h9,11,15,17H,4-8,10H2,1-3H3,(H,22,28)(H,25,27). The molecule has 2 fully saturated rings. The summed E-state index contributed by atoms with van der Waals surface area (Å²) in [5.41, 5.74) is 3.27. The van der Waals surface area contributed by atoms with E-state index in [0.717, 1.165) is 35.1 Å². The van der Waals surface area contributed by atoms with Crippen LogP contribution in [0.25, 0.3) is 0 Å². The number of hydrogen-bond acceptors (Lipinski definition) is 5. The number of aryl methyl sites for hydroxylation is 2. The van der Waals surface area contributed by atoms with E-state index in [9.17, 15) is 9.59 Å². The van der Waals surface area contributed by atoms with Crippen LogP contribution in [0.2, 0.25) is 0 Å². The third-order valence-corrected chi connectivity index (χ3v) is 5.93. The van der Waals surface area contributed by atoms with Crippen molar-refractivity contribution >= 4 is 11.7 Å². The van der Waals surface area contributed by atoms with Crippen molar-refractivity contribution in [2.24, 2.45) is 5.92 Å². The highest BCUT2D eigenvalue weighted by Gasteiger charge is 2.39. The molecule has 2 aliphatic rings. The van der Waals surface area contributed by atoms with E-state index in [4.69, 9.17) is 0 Å². The highest BCUT2D eigenvalue weighted by Crippen LogP contribution is 2.42. The fourth-order valence-corrected chi connectivity index (χ4v) is 4.34. The molecule has 7 heteroatoms. The van der Waals surface area contributed by atoms with Gasteiger partial charge in [-0.15, -0.1) is 0 Å². The van der Waals surface area contributed by atoms with Crippen molar-refractivity contribution in [2.75, 3.05) is 11.4 Å². The summed E-state index contributed by atoms with van der Waals surface area (Å²) in [5, 5.41) is 2.85. The molecule has 0 aromatic carbocycles. The van der Waals surface area contributed by atoms with E-state index in [0.29, 0.717) is 17.3 Å². The van der Waals surface area contributed by atoms with Gasteiger partial charge in [-0.1, -0.05) is 0 Å².